The maximum Gasteiger partial charge on any atom is 0.255 e. The highest BCUT2D eigenvalue weighted by Crippen LogP contribution is 2.15. The topological polar surface area (TPSA) is 70.1 Å². The fourth-order valence-electron chi connectivity index (χ4n) is 2.04. The predicted octanol–water partition coefficient (Wildman–Crippen LogP) is 1.54. The number of halogens is 1. The number of carbonyl (C=O) groups is 1. The van der Waals surface area contributed by atoms with Crippen molar-refractivity contribution in [2.45, 2.75) is 18.9 Å². The van der Waals surface area contributed by atoms with Crippen LogP contribution in [0.3, 0.4) is 0 Å². The van der Waals surface area contributed by atoms with Crippen molar-refractivity contribution in [2.24, 2.45) is 5.73 Å². The third kappa shape index (κ3) is 3.00. The molecule has 0 atom stereocenters. The number of hydrogen-bond donors (Lipinski definition) is 1. The molecule has 1 saturated heterocycles. The summed E-state index contributed by atoms with van der Waals surface area (Å²) in [7, 11) is 0. The van der Waals surface area contributed by atoms with Gasteiger partial charge in [-0.3, -0.25) is 4.79 Å². The van der Waals surface area contributed by atoms with E-state index in [1.807, 2.05) is 0 Å². The number of hydrogen-bond acceptors (Lipinski definition) is 3. The molecule has 0 bridgehead atoms. The Morgan fingerprint density at radius 1 is 1.33 bits per heavy atom. The first-order valence-electron chi connectivity index (χ1n) is 5.76. The van der Waals surface area contributed by atoms with E-state index in [-0.39, 0.29) is 24.4 Å². The van der Waals surface area contributed by atoms with Gasteiger partial charge in [-0.2, -0.15) is 5.26 Å². The number of rotatable bonds is 1. The summed E-state index contributed by atoms with van der Waals surface area (Å²) in [4.78, 5) is 14.0. The Hall–Kier alpha value is -1.57. The zero-order chi connectivity index (χ0) is 12.3. The lowest BCUT2D eigenvalue weighted by molar-refractivity contribution is 0.0714. The van der Waals surface area contributed by atoms with Crippen molar-refractivity contribution in [3.05, 3.63) is 35.4 Å². The molecule has 18 heavy (non-hydrogen) atoms. The van der Waals surface area contributed by atoms with Gasteiger partial charge in [0.25, 0.3) is 5.91 Å². The highest BCUT2D eigenvalue weighted by Gasteiger charge is 2.23. The minimum Gasteiger partial charge on any atom is -0.338 e. The van der Waals surface area contributed by atoms with Gasteiger partial charge in [0, 0.05) is 19.1 Å². The SMILES string of the molecule is Cl.N#Cc1ccccc1C(=O)N1CCC(N)CC1. The summed E-state index contributed by atoms with van der Waals surface area (Å²) in [5, 5.41) is 8.97. The van der Waals surface area contributed by atoms with Crippen molar-refractivity contribution in [1.82, 2.24) is 4.90 Å². The van der Waals surface area contributed by atoms with E-state index in [9.17, 15) is 4.79 Å². The molecule has 1 aliphatic heterocycles. The first-order valence-corrected chi connectivity index (χ1v) is 5.76. The number of piperidine rings is 1. The molecule has 0 saturated carbocycles. The molecule has 0 spiro atoms. The summed E-state index contributed by atoms with van der Waals surface area (Å²) in [6, 6.07) is 9.17. The van der Waals surface area contributed by atoms with Gasteiger partial charge in [-0.05, 0) is 25.0 Å². The van der Waals surface area contributed by atoms with E-state index in [0.29, 0.717) is 24.2 Å². The highest BCUT2D eigenvalue weighted by atomic mass is 35.5. The maximum atomic E-state index is 12.2. The third-order valence-electron chi connectivity index (χ3n) is 3.10. The lowest BCUT2D eigenvalue weighted by atomic mass is 10.0. The van der Waals surface area contributed by atoms with Crippen LogP contribution >= 0.6 is 12.4 Å². The van der Waals surface area contributed by atoms with Crippen LogP contribution in [0.15, 0.2) is 24.3 Å². The zero-order valence-corrected chi connectivity index (χ0v) is 10.8. The van der Waals surface area contributed by atoms with Crippen LogP contribution in [0.2, 0.25) is 0 Å². The van der Waals surface area contributed by atoms with E-state index < -0.39 is 0 Å². The summed E-state index contributed by atoms with van der Waals surface area (Å²) in [6.45, 7) is 1.36. The summed E-state index contributed by atoms with van der Waals surface area (Å²) in [6.07, 6.45) is 1.67. The molecule has 0 aliphatic carbocycles. The van der Waals surface area contributed by atoms with Crippen LogP contribution in [0.1, 0.15) is 28.8 Å². The molecule has 0 aromatic heterocycles. The Kier molecular flexibility index (Phi) is 5.14. The molecular formula is C13H16ClN3O. The van der Waals surface area contributed by atoms with Gasteiger partial charge in [-0.15, -0.1) is 12.4 Å². The molecule has 1 fully saturated rings. The summed E-state index contributed by atoms with van der Waals surface area (Å²) in [5.41, 5.74) is 6.73. The van der Waals surface area contributed by atoms with E-state index in [4.69, 9.17) is 11.0 Å². The fourth-order valence-corrected chi connectivity index (χ4v) is 2.04. The van der Waals surface area contributed by atoms with E-state index in [2.05, 4.69) is 6.07 Å². The first kappa shape index (κ1) is 14.5. The van der Waals surface area contributed by atoms with Crippen molar-refractivity contribution >= 4 is 18.3 Å². The predicted molar refractivity (Wildman–Crippen MR) is 71.5 cm³/mol. The molecule has 1 heterocycles. The minimum atomic E-state index is -0.0611. The van der Waals surface area contributed by atoms with Gasteiger partial charge in [-0.25, -0.2) is 0 Å². The Bertz CT molecular complexity index is 462. The van der Waals surface area contributed by atoms with Crippen molar-refractivity contribution in [3.8, 4) is 6.07 Å². The second-order valence-electron chi connectivity index (χ2n) is 4.29. The summed E-state index contributed by atoms with van der Waals surface area (Å²) in [5.74, 6) is -0.0611. The van der Waals surface area contributed by atoms with Gasteiger partial charge in [0.15, 0.2) is 0 Å². The number of carbonyl (C=O) groups excluding carboxylic acids is 1. The molecule has 0 unspecified atom stereocenters. The molecule has 1 aromatic carbocycles. The van der Waals surface area contributed by atoms with Crippen LogP contribution in [0.25, 0.3) is 0 Å². The molecule has 2 N–H and O–H groups in total. The molecule has 0 radical (unpaired) electrons. The number of benzene rings is 1. The Labute approximate surface area is 113 Å². The van der Waals surface area contributed by atoms with E-state index in [0.717, 1.165) is 12.8 Å². The van der Waals surface area contributed by atoms with Crippen molar-refractivity contribution in [1.29, 1.82) is 5.26 Å². The first-order chi connectivity index (χ1) is 8.22. The molecule has 1 aromatic rings. The van der Waals surface area contributed by atoms with Crippen molar-refractivity contribution in [3.63, 3.8) is 0 Å². The zero-order valence-electron chi connectivity index (χ0n) is 10.0. The molecule has 4 nitrogen and oxygen atoms in total. The van der Waals surface area contributed by atoms with Gasteiger partial charge >= 0.3 is 0 Å². The smallest absolute Gasteiger partial charge is 0.255 e. The number of likely N-dealkylation sites (tertiary alicyclic amines) is 1. The second-order valence-corrected chi connectivity index (χ2v) is 4.29. The van der Waals surface area contributed by atoms with Gasteiger partial charge in [0.1, 0.15) is 0 Å². The number of nitriles is 1. The highest BCUT2D eigenvalue weighted by molar-refractivity contribution is 5.96. The maximum absolute atomic E-state index is 12.2. The molecule has 2 rings (SSSR count). The minimum absolute atomic E-state index is 0. The molecule has 5 heteroatoms. The van der Waals surface area contributed by atoms with Gasteiger partial charge in [0.2, 0.25) is 0 Å². The Morgan fingerprint density at radius 2 is 1.94 bits per heavy atom. The Morgan fingerprint density at radius 3 is 2.56 bits per heavy atom. The monoisotopic (exact) mass is 265 g/mol. The van der Waals surface area contributed by atoms with Crippen LogP contribution in [-0.4, -0.2) is 29.9 Å². The van der Waals surface area contributed by atoms with Gasteiger partial charge in [0.05, 0.1) is 17.2 Å². The van der Waals surface area contributed by atoms with Crippen molar-refractivity contribution in [2.75, 3.05) is 13.1 Å². The molecule has 1 amide bonds. The van der Waals surface area contributed by atoms with E-state index >= 15 is 0 Å². The largest absolute Gasteiger partial charge is 0.338 e. The van der Waals surface area contributed by atoms with Gasteiger partial charge in [-0.1, -0.05) is 12.1 Å². The fraction of sp³-hybridized carbons (Fsp3) is 0.385. The number of nitrogens with two attached hydrogens (primary N) is 1. The third-order valence-corrected chi connectivity index (χ3v) is 3.10. The standard InChI is InChI=1S/C13H15N3O.ClH/c14-9-10-3-1-2-4-12(10)13(17)16-7-5-11(15)6-8-16;/h1-4,11H,5-8,15H2;1H. The lowest BCUT2D eigenvalue weighted by Gasteiger charge is -2.30. The average Bonchev–Trinajstić information content (AvgIpc) is 2.39. The summed E-state index contributed by atoms with van der Waals surface area (Å²) < 4.78 is 0. The Balaban J connectivity index is 0.00000162. The van der Waals surface area contributed by atoms with Crippen molar-refractivity contribution < 1.29 is 4.79 Å². The normalized spacial score (nSPS) is 15.7. The quantitative estimate of drug-likeness (QED) is 0.837. The lowest BCUT2D eigenvalue weighted by Crippen LogP contribution is -2.43. The van der Waals surface area contributed by atoms with E-state index in [1.165, 1.54) is 0 Å². The van der Waals surface area contributed by atoms with Crippen LogP contribution in [0.5, 0.6) is 0 Å². The average molecular weight is 266 g/mol. The van der Waals surface area contributed by atoms with E-state index in [1.54, 1.807) is 29.2 Å². The molecule has 1 aliphatic rings. The number of nitrogens with zero attached hydrogens (tertiary/aromatic N) is 2. The number of amides is 1. The summed E-state index contributed by atoms with van der Waals surface area (Å²) >= 11 is 0. The molecular weight excluding hydrogens is 250 g/mol. The van der Waals surface area contributed by atoms with Crippen LogP contribution in [-0.2, 0) is 0 Å². The molecule has 96 valence electrons. The van der Waals surface area contributed by atoms with Crippen LogP contribution in [0, 0.1) is 11.3 Å². The van der Waals surface area contributed by atoms with Gasteiger partial charge < -0.3 is 10.6 Å². The van der Waals surface area contributed by atoms with Crippen LogP contribution < -0.4 is 5.73 Å². The van der Waals surface area contributed by atoms with Crippen LogP contribution in [0.4, 0.5) is 0 Å². The second kappa shape index (κ2) is 6.39.